The monoisotopic (exact) mass is 909 g/mol. The van der Waals surface area contributed by atoms with Crippen LogP contribution in [0.3, 0.4) is 0 Å². The largest absolute Gasteiger partial charge is 0.456 e. The molecule has 5 heteroatoms. The Hall–Kier alpha value is -9.03. The molecule has 326 valence electrons. The molecule has 11 aromatic carbocycles. The Morgan fingerprint density at radius 2 is 0.843 bits per heavy atom. The first kappa shape index (κ1) is 40.1. The zero-order chi connectivity index (χ0) is 46.1. The predicted molar refractivity (Wildman–Crippen MR) is 293 cm³/mol. The van der Waals surface area contributed by atoms with Crippen LogP contribution in [0, 0.1) is 0 Å². The van der Waals surface area contributed by atoms with Crippen molar-refractivity contribution < 1.29 is 4.42 Å². The summed E-state index contributed by atoms with van der Waals surface area (Å²) in [5.74, 6) is 1.87. The minimum atomic E-state index is 0.612. The minimum absolute atomic E-state index is 0.612. The van der Waals surface area contributed by atoms with Crippen molar-refractivity contribution >= 4 is 75.0 Å². The van der Waals surface area contributed by atoms with Gasteiger partial charge in [-0.1, -0.05) is 194 Å². The molecule has 0 N–H and O–H groups in total. The molecule has 14 aromatic rings. The second kappa shape index (κ2) is 16.3. The molecule has 0 aliphatic rings. The summed E-state index contributed by atoms with van der Waals surface area (Å²) in [7, 11) is 0. The van der Waals surface area contributed by atoms with Gasteiger partial charge in [0, 0.05) is 53.2 Å². The number of hydrogen-bond acceptors (Lipinski definition) is 5. The summed E-state index contributed by atoms with van der Waals surface area (Å²) in [6.07, 6.45) is 0. The van der Waals surface area contributed by atoms with Gasteiger partial charge in [0.25, 0.3) is 0 Å². The molecule has 0 spiro atoms. The Morgan fingerprint density at radius 1 is 0.300 bits per heavy atom. The van der Waals surface area contributed by atoms with E-state index in [2.05, 4.69) is 231 Å². The number of furan rings is 1. The lowest BCUT2D eigenvalue weighted by atomic mass is 9.84. The smallest absolute Gasteiger partial charge is 0.165 e. The summed E-state index contributed by atoms with van der Waals surface area (Å²) in [6, 6.07) is 84.1. The Bertz CT molecular complexity index is 4350. The molecule has 0 saturated heterocycles. The standard InChI is InChI=1S/C65H39N3OS/c1-3-16-40(17-4-1)41-30-32-43(33-31-41)63-66-64(68-65(67-63)55-28-15-27-53-50-26-13-14-29-59(50)70-62(53)55)54-35-34-51(48-24-11-12-25-49(48)54)60-52(47-23-10-9-22-46(47)42-18-5-2-6-19-42)36-37-57-61(60)56-38-44-20-7-8-21-45(44)39-58(56)69-57/h1-39H. The molecule has 4 nitrogen and oxygen atoms in total. The van der Waals surface area contributed by atoms with Crippen LogP contribution in [-0.4, -0.2) is 15.0 Å². The molecule has 0 atom stereocenters. The van der Waals surface area contributed by atoms with Gasteiger partial charge in [-0.15, -0.1) is 11.3 Å². The van der Waals surface area contributed by atoms with E-state index in [0.29, 0.717) is 17.5 Å². The average molecular weight is 910 g/mol. The SMILES string of the molecule is c1ccc(-c2ccc(-c3nc(-c4ccc(-c5c(-c6ccccc6-c6ccccc6)ccc6oc7cc8ccccc8cc7c56)c5ccccc45)nc(-c4cccc5c4sc4ccccc45)n3)cc2)cc1. The van der Waals surface area contributed by atoms with Crippen LogP contribution in [0.4, 0.5) is 0 Å². The Morgan fingerprint density at radius 3 is 1.63 bits per heavy atom. The fraction of sp³-hybridized carbons (Fsp3) is 0. The van der Waals surface area contributed by atoms with Crippen molar-refractivity contribution in [2.45, 2.75) is 0 Å². The second-order valence-corrected chi connectivity index (χ2v) is 18.9. The summed E-state index contributed by atoms with van der Waals surface area (Å²) in [5.41, 5.74) is 13.6. The predicted octanol–water partition coefficient (Wildman–Crippen LogP) is 18.1. The maximum Gasteiger partial charge on any atom is 0.165 e. The maximum absolute atomic E-state index is 6.80. The number of nitrogens with zero attached hydrogens (tertiary/aromatic N) is 3. The van der Waals surface area contributed by atoms with Crippen molar-refractivity contribution in [1.29, 1.82) is 0 Å². The fourth-order valence-corrected chi connectivity index (χ4v) is 11.7. The van der Waals surface area contributed by atoms with Gasteiger partial charge in [0.05, 0.1) is 0 Å². The number of rotatable bonds is 7. The third kappa shape index (κ3) is 6.62. The zero-order valence-electron chi connectivity index (χ0n) is 37.7. The second-order valence-electron chi connectivity index (χ2n) is 17.8. The third-order valence-corrected chi connectivity index (χ3v) is 15.0. The van der Waals surface area contributed by atoms with Crippen LogP contribution >= 0.6 is 11.3 Å². The zero-order valence-corrected chi connectivity index (χ0v) is 38.5. The Labute approximate surface area is 407 Å². The number of fused-ring (bicyclic) bond motifs is 8. The van der Waals surface area contributed by atoms with E-state index in [4.69, 9.17) is 19.4 Å². The van der Waals surface area contributed by atoms with E-state index in [1.807, 2.05) is 6.07 Å². The number of thiophene rings is 1. The van der Waals surface area contributed by atoms with Crippen molar-refractivity contribution in [3.63, 3.8) is 0 Å². The molecule has 0 aliphatic carbocycles. The molecule has 3 heterocycles. The van der Waals surface area contributed by atoms with E-state index in [9.17, 15) is 0 Å². The minimum Gasteiger partial charge on any atom is -0.456 e. The van der Waals surface area contributed by atoms with Crippen LogP contribution in [0.25, 0.3) is 142 Å². The van der Waals surface area contributed by atoms with Gasteiger partial charge in [-0.25, -0.2) is 15.0 Å². The van der Waals surface area contributed by atoms with E-state index in [1.165, 1.54) is 26.4 Å². The molecular weight excluding hydrogens is 871 g/mol. The first-order chi connectivity index (χ1) is 34.7. The van der Waals surface area contributed by atoms with Gasteiger partial charge in [0.2, 0.25) is 0 Å². The van der Waals surface area contributed by atoms with Crippen molar-refractivity contribution in [2.75, 3.05) is 0 Å². The highest BCUT2D eigenvalue weighted by molar-refractivity contribution is 7.26. The van der Waals surface area contributed by atoms with Crippen LogP contribution < -0.4 is 0 Å². The van der Waals surface area contributed by atoms with E-state index < -0.39 is 0 Å². The van der Waals surface area contributed by atoms with Crippen molar-refractivity contribution in [3.8, 4) is 78.7 Å². The van der Waals surface area contributed by atoms with Crippen LogP contribution in [0.2, 0.25) is 0 Å². The van der Waals surface area contributed by atoms with Gasteiger partial charge in [-0.05, 0) is 103 Å². The van der Waals surface area contributed by atoms with Gasteiger partial charge in [-0.3, -0.25) is 0 Å². The molecule has 0 fully saturated rings. The summed E-state index contributed by atoms with van der Waals surface area (Å²) in [5, 5.41) is 9.03. The van der Waals surface area contributed by atoms with E-state index >= 15 is 0 Å². The van der Waals surface area contributed by atoms with Crippen molar-refractivity contribution in [1.82, 2.24) is 15.0 Å². The maximum atomic E-state index is 6.80. The lowest BCUT2D eigenvalue weighted by Gasteiger charge is -2.18. The van der Waals surface area contributed by atoms with Crippen molar-refractivity contribution in [3.05, 3.63) is 237 Å². The molecule has 0 radical (unpaired) electrons. The van der Waals surface area contributed by atoms with E-state index in [-0.39, 0.29) is 0 Å². The van der Waals surface area contributed by atoms with Crippen LogP contribution in [0.15, 0.2) is 241 Å². The van der Waals surface area contributed by atoms with Crippen molar-refractivity contribution in [2.24, 2.45) is 0 Å². The van der Waals surface area contributed by atoms with Crippen LogP contribution in [0.1, 0.15) is 0 Å². The van der Waals surface area contributed by atoms with Gasteiger partial charge < -0.3 is 4.42 Å². The molecule has 0 saturated carbocycles. The molecular formula is C65H39N3OS. The van der Waals surface area contributed by atoms with Crippen LogP contribution in [0.5, 0.6) is 0 Å². The summed E-state index contributed by atoms with van der Waals surface area (Å²) in [6.45, 7) is 0. The molecule has 0 unspecified atom stereocenters. The summed E-state index contributed by atoms with van der Waals surface area (Å²) < 4.78 is 9.19. The summed E-state index contributed by atoms with van der Waals surface area (Å²) in [4.78, 5) is 16.1. The first-order valence-corrected chi connectivity index (χ1v) is 24.4. The lowest BCUT2D eigenvalue weighted by Crippen LogP contribution is -2.01. The first-order valence-electron chi connectivity index (χ1n) is 23.6. The third-order valence-electron chi connectivity index (χ3n) is 13.8. The highest BCUT2D eigenvalue weighted by Gasteiger charge is 2.24. The highest BCUT2D eigenvalue weighted by atomic mass is 32.1. The van der Waals surface area contributed by atoms with Gasteiger partial charge in [-0.2, -0.15) is 0 Å². The van der Waals surface area contributed by atoms with Gasteiger partial charge in [0.1, 0.15) is 11.2 Å². The summed E-state index contributed by atoms with van der Waals surface area (Å²) >= 11 is 1.78. The molecule has 0 aliphatic heterocycles. The molecule has 14 rings (SSSR count). The van der Waals surface area contributed by atoms with Gasteiger partial charge in [0.15, 0.2) is 17.5 Å². The molecule has 3 aromatic heterocycles. The molecule has 0 bridgehead atoms. The fourth-order valence-electron chi connectivity index (χ4n) is 10.5. The normalized spacial score (nSPS) is 11.7. The van der Waals surface area contributed by atoms with Gasteiger partial charge >= 0.3 is 0 Å². The number of benzene rings is 11. The lowest BCUT2D eigenvalue weighted by molar-refractivity contribution is 0.669. The topological polar surface area (TPSA) is 51.8 Å². The molecule has 70 heavy (non-hydrogen) atoms. The Balaban J connectivity index is 1.02. The number of aromatic nitrogens is 3. The van der Waals surface area contributed by atoms with E-state index in [1.54, 1.807) is 11.3 Å². The highest BCUT2D eigenvalue weighted by Crippen LogP contribution is 2.49. The Kier molecular flexibility index (Phi) is 9.36. The number of hydrogen-bond donors (Lipinski definition) is 0. The average Bonchev–Trinajstić information content (AvgIpc) is 4.00. The van der Waals surface area contributed by atoms with E-state index in [0.717, 1.165) is 98.4 Å². The quantitative estimate of drug-likeness (QED) is 0.160. The van der Waals surface area contributed by atoms with Crippen LogP contribution in [-0.2, 0) is 0 Å². The molecule has 0 amide bonds.